The monoisotopic (exact) mass is 441 g/mol. The number of hydrogen-bond donors (Lipinski definition) is 1. The van der Waals surface area contributed by atoms with Gasteiger partial charge in [0.25, 0.3) is 0 Å². The van der Waals surface area contributed by atoms with Gasteiger partial charge in [0.05, 0.1) is 30.6 Å². The Morgan fingerprint density at radius 2 is 1.76 bits per heavy atom. The number of aromatic nitrogens is 7. The molecule has 0 aliphatic carbocycles. The molecule has 0 radical (unpaired) electrons. The minimum Gasteiger partial charge on any atom is -0.378 e. The van der Waals surface area contributed by atoms with Crippen molar-refractivity contribution in [2.75, 3.05) is 36.5 Å². The number of anilines is 3. The molecule has 0 amide bonds. The fourth-order valence-electron chi connectivity index (χ4n) is 4.10. The van der Waals surface area contributed by atoms with Crippen molar-refractivity contribution < 1.29 is 4.74 Å². The normalized spacial score (nSPS) is 14.3. The van der Waals surface area contributed by atoms with Crippen molar-refractivity contribution in [3.8, 4) is 11.3 Å². The highest BCUT2D eigenvalue weighted by Gasteiger charge is 2.17. The minimum absolute atomic E-state index is 0.667. The lowest BCUT2D eigenvalue weighted by Gasteiger charge is -2.27. The van der Waals surface area contributed by atoms with Gasteiger partial charge in [-0.15, -0.1) is 0 Å². The molecule has 166 valence electrons. The maximum atomic E-state index is 5.52. The fourth-order valence-corrected chi connectivity index (χ4v) is 4.10. The summed E-state index contributed by atoms with van der Waals surface area (Å²) in [6.45, 7) is 2.85. The summed E-state index contributed by atoms with van der Waals surface area (Å²) in [5.74, 6) is 1.40. The average Bonchev–Trinajstić information content (AvgIpc) is 3.40. The van der Waals surface area contributed by atoms with E-state index in [0.717, 1.165) is 57.8 Å². The van der Waals surface area contributed by atoms with Crippen LogP contribution in [0.2, 0.25) is 0 Å². The van der Waals surface area contributed by atoms with Crippen molar-refractivity contribution in [2.45, 2.75) is 0 Å². The molecule has 33 heavy (non-hydrogen) atoms. The lowest BCUT2D eigenvalue weighted by atomic mass is 10.1. The average molecular weight is 441 g/mol. The molecule has 4 heterocycles. The zero-order valence-corrected chi connectivity index (χ0v) is 18.4. The summed E-state index contributed by atoms with van der Waals surface area (Å²) in [6.07, 6.45) is 1.87. The highest BCUT2D eigenvalue weighted by Crippen LogP contribution is 2.28. The van der Waals surface area contributed by atoms with Gasteiger partial charge in [-0.3, -0.25) is 4.68 Å². The number of nitrogens with one attached hydrogen (secondary N) is 1. The van der Waals surface area contributed by atoms with Gasteiger partial charge in [-0.1, -0.05) is 12.1 Å². The van der Waals surface area contributed by atoms with E-state index in [2.05, 4.69) is 43.7 Å². The molecule has 1 N–H and O–H groups in total. The third-order valence-corrected chi connectivity index (χ3v) is 5.81. The van der Waals surface area contributed by atoms with Gasteiger partial charge < -0.3 is 15.0 Å². The summed E-state index contributed by atoms with van der Waals surface area (Å²) >= 11 is 0. The topological polar surface area (TPSA) is 98.8 Å². The summed E-state index contributed by atoms with van der Waals surface area (Å²) in [4.78, 5) is 13.5. The summed E-state index contributed by atoms with van der Waals surface area (Å²) in [5, 5.41) is 17.6. The predicted octanol–water partition coefficient (Wildman–Crippen LogP) is 2.89. The third-order valence-electron chi connectivity index (χ3n) is 5.81. The predicted molar refractivity (Wildman–Crippen MR) is 127 cm³/mol. The van der Waals surface area contributed by atoms with Gasteiger partial charge in [0.15, 0.2) is 0 Å². The molecule has 0 bridgehead atoms. The van der Waals surface area contributed by atoms with Crippen molar-refractivity contribution in [1.82, 2.24) is 34.7 Å². The molecular formula is C23H23N9O. The van der Waals surface area contributed by atoms with Gasteiger partial charge in [0.1, 0.15) is 16.9 Å². The van der Waals surface area contributed by atoms with E-state index < -0.39 is 0 Å². The Kier molecular flexibility index (Phi) is 4.65. The highest BCUT2D eigenvalue weighted by molar-refractivity contribution is 5.84. The lowest BCUT2D eigenvalue weighted by Crippen LogP contribution is -2.37. The van der Waals surface area contributed by atoms with Crippen LogP contribution in [0.25, 0.3) is 33.2 Å². The van der Waals surface area contributed by atoms with Crippen molar-refractivity contribution >= 4 is 39.4 Å². The number of ether oxygens (including phenoxy) is 1. The van der Waals surface area contributed by atoms with Gasteiger partial charge in [0, 0.05) is 49.9 Å². The van der Waals surface area contributed by atoms with Gasteiger partial charge in [-0.2, -0.15) is 25.1 Å². The van der Waals surface area contributed by atoms with Crippen LogP contribution in [-0.4, -0.2) is 61.0 Å². The zero-order valence-electron chi connectivity index (χ0n) is 18.4. The first-order valence-corrected chi connectivity index (χ1v) is 10.8. The standard InChI is InChI=1S/C23H23N9O/c1-30-21-11-15(3-4-16(21)14-24-30)19-13-22(27-23(26-19)32-7-9-33-10-8-32)25-17-5-6-18-20(12-17)29-31(2)28-18/h3-6,11-14H,7-10H2,1-2H3,(H,25,26,27). The number of morpholine rings is 1. The van der Waals surface area contributed by atoms with Crippen molar-refractivity contribution in [1.29, 1.82) is 0 Å². The van der Waals surface area contributed by atoms with Gasteiger partial charge in [-0.05, 0) is 24.3 Å². The minimum atomic E-state index is 0.667. The first-order valence-electron chi connectivity index (χ1n) is 10.8. The van der Waals surface area contributed by atoms with Crippen LogP contribution >= 0.6 is 0 Å². The second-order valence-corrected chi connectivity index (χ2v) is 8.10. The van der Waals surface area contributed by atoms with E-state index in [1.165, 1.54) is 0 Å². The molecule has 0 unspecified atom stereocenters. The molecule has 2 aromatic carbocycles. The van der Waals surface area contributed by atoms with E-state index >= 15 is 0 Å². The van der Waals surface area contributed by atoms with Crippen molar-refractivity contribution in [3.63, 3.8) is 0 Å². The first-order chi connectivity index (χ1) is 16.1. The van der Waals surface area contributed by atoms with Crippen LogP contribution in [0.3, 0.4) is 0 Å². The number of rotatable bonds is 4. The van der Waals surface area contributed by atoms with E-state index in [-0.39, 0.29) is 0 Å². The molecule has 0 spiro atoms. The van der Waals surface area contributed by atoms with Crippen LogP contribution in [0.15, 0.2) is 48.7 Å². The molecule has 1 fully saturated rings. The van der Waals surface area contributed by atoms with Crippen LogP contribution in [0.4, 0.5) is 17.5 Å². The number of benzene rings is 2. The van der Waals surface area contributed by atoms with E-state index in [9.17, 15) is 0 Å². The van der Waals surface area contributed by atoms with Crippen molar-refractivity contribution in [3.05, 3.63) is 48.7 Å². The maximum Gasteiger partial charge on any atom is 0.228 e. The Bertz CT molecular complexity index is 1470. The summed E-state index contributed by atoms with van der Waals surface area (Å²) in [7, 11) is 3.76. The second kappa shape index (κ2) is 7.82. The van der Waals surface area contributed by atoms with E-state index in [1.54, 1.807) is 4.80 Å². The first kappa shape index (κ1) is 19.6. The molecule has 10 nitrogen and oxygen atoms in total. The molecule has 3 aromatic heterocycles. The third kappa shape index (κ3) is 3.74. The smallest absolute Gasteiger partial charge is 0.228 e. The maximum absolute atomic E-state index is 5.52. The molecular weight excluding hydrogens is 418 g/mol. The van der Waals surface area contributed by atoms with E-state index in [1.807, 2.05) is 49.2 Å². The molecule has 0 saturated carbocycles. The number of hydrogen-bond acceptors (Lipinski definition) is 8. The van der Waals surface area contributed by atoms with Crippen molar-refractivity contribution in [2.24, 2.45) is 14.1 Å². The Hall–Kier alpha value is -4.05. The molecule has 1 aliphatic rings. The summed E-state index contributed by atoms with van der Waals surface area (Å²) in [5.41, 5.74) is 5.48. The molecule has 5 aromatic rings. The second-order valence-electron chi connectivity index (χ2n) is 8.10. The van der Waals surface area contributed by atoms with Crippen LogP contribution in [0.5, 0.6) is 0 Å². The van der Waals surface area contributed by atoms with Crippen LogP contribution in [0.1, 0.15) is 0 Å². The Labute approximate surface area is 189 Å². The number of aryl methyl sites for hydroxylation is 2. The highest BCUT2D eigenvalue weighted by atomic mass is 16.5. The quantitative estimate of drug-likeness (QED) is 0.455. The van der Waals surface area contributed by atoms with E-state index in [4.69, 9.17) is 14.7 Å². The molecule has 10 heteroatoms. The summed E-state index contributed by atoms with van der Waals surface area (Å²) in [6, 6.07) is 14.1. The lowest BCUT2D eigenvalue weighted by molar-refractivity contribution is 0.122. The van der Waals surface area contributed by atoms with Crippen LogP contribution in [0, 0.1) is 0 Å². The van der Waals surface area contributed by atoms with Crippen LogP contribution in [-0.2, 0) is 18.8 Å². The van der Waals surface area contributed by atoms with Gasteiger partial charge in [0.2, 0.25) is 5.95 Å². The molecule has 1 saturated heterocycles. The van der Waals surface area contributed by atoms with Gasteiger partial charge in [-0.25, -0.2) is 4.98 Å². The van der Waals surface area contributed by atoms with E-state index in [0.29, 0.717) is 19.2 Å². The molecule has 6 rings (SSSR count). The Balaban J connectivity index is 1.42. The zero-order chi connectivity index (χ0) is 22.4. The van der Waals surface area contributed by atoms with Crippen LogP contribution < -0.4 is 10.2 Å². The Morgan fingerprint density at radius 1 is 0.909 bits per heavy atom. The molecule has 0 atom stereocenters. The molecule has 1 aliphatic heterocycles. The number of fused-ring (bicyclic) bond motifs is 2. The SMILES string of the molecule is Cn1nc2ccc(Nc3cc(-c4ccc5cnn(C)c5c4)nc(N4CCOCC4)n3)cc2n1. The Morgan fingerprint density at radius 3 is 2.64 bits per heavy atom. The largest absolute Gasteiger partial charge is 0.378 e. The van der Waals surface area contributed by atoms with Gasteiger partial charge >= 0.3 is 0 Å². The number of nitrogens with zero attached hydrogens (tertiary/aromatic N) is 8. The summed E-state index contributed by atoms with van der Waals surface area (Å²) < 4.78 is 7.39. The fraction of sp³-hybridized carbons (Fsp3) is 0.261.